The van der Waals surface area contributed by atoms with Crippen LogP contribution in [0.25, 0.3) is 0 Å². The topological polar surface area (TPSA) is 43.1 Å². The number of nitrogens with two attached hydrogens (primary N) is 1. The number of Topliss-reactive ketones (excluding diaryl/α,β-unsaturated/α-hetero) is 1. The maximum Gasteiger partial charge on any atom is 0.162 e. The van der Waals surface area contributed by atoms with Crippen LogP contribution < -0.4 is 5.73 Å². The number of hydrogen-bond acceptors (Lipinski definition) is 2. The number of hydrogen-bond donors (Lipinski definition) is 1. The van der Waals surface area contributed by atoms with Gasteiger partial charge in [-0.2, -0.15) is 0 Å². The van der Waals surface area contributed by atoms with E-state index in [1.165, 1.54) is 24.8 Å². The first-order valence-electron chi connectivity index (χ1n) is 6.14. The Morgan fingerprint density at radius 2 is 2.19 bits per heavy atom. The summed E-state index contributed by atoms with van der Waals surface area (Å²) in [6.45, 7) is 0.591. The Kier molecular flexibility index (Phi) is 3.73. The highest BCUT2D eigenvalue weighted by atomic mass is 16.1. The lowest BCUT2D eigenvalue weighted by molar-refractivity contribution is 0.0980. The highest BCUT2D eigenvalue weighted by Crippen LogP contribution is 2.36. The SMILES string of the molecule is NCCCC(=O)c1cccc(C2CCC2)c1. The van der Waals surface area contributed by atoms with Crippen molar-refractivity contribution in [1.82, 2.24) is 0 Å². The zero-order chi connectivity index (χ0) is 11.4. The number of carbonyl (C=O) groups is 1. The van der Waals surface area contributed by atoms with Crippen molar-refractivity contribution in [2.24, 2.45) is 5.73 Å². The molecule has 1 aromatic carbocycles. The van der Waals surface area contributed by atoms with Gasteiger partial charge in [0.1, 0.15) is 0 Å². The van der Waals surface area contributed by atoms with Gasteiger partial charge in [0.2, 0.25) is 0 Å². The fraction of sp³-hybridized carbons (Fsp3) is 0.500. The van der Waals surface area contributed by atoms with Gasteiger partial charge in [0, 0.05) is 12.0 Å². The lowest BCUT2D eigenvalue weighted by Gasteiger charge is -2.26. The van der Waals surface area contributed by atoms with E-state index in [0.29, 0.717) is 18.9 Å². The van der Waals surface area contributed by atoms with Crippen LogP contribution in [0.4, 0.5) is 0 Å². The second kappa shape index (κ2) is 5.26. The first kappa shape index (κ1) is 11.3. The smallest absolute Gasteiger partial charge is 0.162 e. The molecule has 2 N–H and O–H groups in total. The molecule has 1 saturated carbocycles. The molecule has 86 valence electrons. The minimum Gasteiger partial charge on any atom is -0.330 e. The minimum absolute atomic E-state index is 0.228. The summed E-state index contributed by atoms with van der Waals surface area (Å²) in [6, 6.07) is 8.14. The fourth-order valence-corrected chi connectivity index (χ4v) is 2.11. The highest BCUT2D eigenvalue weighted by molar-refractivity contribution is 5.96. The third-order valence-electron chi connectivity index (χ3n) is 3.39. The molecule has 1 aliphatic carbocycles. The van der Waals surface area contributed by atoms with Gasteiger partial charge in [0.25, 0.3) is 0 Å². The quantitative estimate of drug-likeness (QED) is 0.771. The summed E-state index contributed by atoms with van der Waals surface area (Å²) in [6.07, 6.45) is 5.24. The van der Waals surface area contributed by atoms with Gasteiger partial charge in [0.05, 0.1) is 0 Å². The molecule has 0 saturated heterocycles. The van der Waals surface area contributed by atoms with Gasteiger partial charge in [0.15, 0.2) is 5.78 Å². The van der Waals surface area contributed by atoms with Gasteiger partial charge in [-0.1, -0.05) is 24.6 Å². The largest absolute Gasteiger partial charge is 0.330 e. The molecule has 1 aromatic rings. The molecule has 2 nitrogen and oxygen atoms in total. The summed E-state index contributed by atoms with van der Waals surface area (Å²) >= 11 is 0. The van der Waals surface area contributed by atoms with Crippen LogP contribution in [-0.2, 0) is 0 Å². The maximum absolute atomic E-state index is 11.8. The van der Waals surface area contributed by atoms with Gasteiger partial charge in [-0.15, -0.1) is 0 Å². The Morgan fingerprint density at radius 1 is 1.38 bits per heavy atom. The molecule has 0 radical (unpaired) electrons. The molecule has 16 heavy (non-hydrogen) atoms. The third kappa shape index (κ3) is 2.50. The van der Waals surface area contributed by atoms with Gasteiger partial charge < -0.3 is 5.73 Å². The third-order valence-corrected chi connectivity index (χ3v) is 3.39. The first-order valence-corrected chi connectivity index (χ1v) is 6.14. The van der Waals surface area contributed by atoms with Crippen LogP contribution in [-0.4, -0.2) is 12.3 Å². The van der Waals surface area contributed by atoms with Crippen molar-refractivity contribution in [3.05, 3.63) is 35.4 Å². The zero-order valence-corrected chi connectivity index (χ0v) is 9.61. The Balaban J connectivity index is 2.05. The monoisotopic (exact) mass is 217 g/mol. The van der Waals surface area contributed by atoms with E-state index in [-0.39, 0.29) is 5.78 Å². The number of rotatable bonds is 5. The maximum atomic E-state index is 11.8. The summed E-state index contributed by atoms with van der Waals surface area (Å²) in [7, 11) is 0. The summed E-state index contributed by atoms with van der Waals surface area (Å²) < 4.78 is 0. The molecule has 2 rings (SSSR count). The average molecular weight is 217 g/mol. The van der Waals surface area contributed by atoms with E-state index in [1.54, 1.807) is 0 Å². The molecular formula is C14H19NO. The lowest BCUT2D eigenvalue weighted by Crippen LogP contribution is -2.10. The predicted molar refractivity (Wildman–Crippen MR) is 65.7 cm³/mol. The van der Waals surface area contributed by atoms with Crippen molar-refractivity contribution in [2.45, 2.75) is 38.0 Å². The van der Waals surface area contributed by atoms with Crippen LogP contribution in [0.2, 0.25) is 0 Å². The number of carbonyl (C=O) groups excluding carboxylic acids is 1. The van der Waals surface area contributed by atoms with Crippen LogP contribution in [0.1, 0.15) is 53.9 Å². The molecule has 0 aliphatic heterocycles. The van der Waals surface area contributed by atoms with Crippen molar-refractivity contribution in [3.63, 3.8) is 0 Å². The molecule has 0 amide bonds. The normalized spacial score (nSPS) is 15.8. The second-order valence-corrected chi connectivity index (χ2v) is 4.57. The second-order valence-electron chi connectivity index (χ2n) is 4.57. The van der Waals surface area contributed by atoms with Crippen LogP contribution in [0.15, 0.2) is 24.3 Å². The molecule has 0 aromatic heterocycles. The Labute approximate surface area is 96.8 Å². The molecule has 1 aliphatic rings. The van der Waals surface area contributed by atoms with Crippen molar-refractivity contribution in [2.75, 3.05) is 6.54 Å². The summed E-state index contributed by atoms with van der Waals surface area (Å²) in [5.74, 6) is 0.925. The predicted octanol–water partition coefficient (Wildman–Crippen LogP) is 2.88. The summed E-state index contributed by atoms with van der Waals surface area (Å²) in [5, 5.41) is 0. The van der Waals surface area contributed by atoms with Crippen molar-refractivity contribution in [3.8, 4) is 0 Å². The lowest BCUT2D eigenvalue weighted by atomic mass is 9.79. The zero-order valence-electron chi connectivity index (χ0n) is 9.61. The number of benzene rings is 1. The number of ketones is 1. The average Bonchev–Trinajstić information content (AvgIpc) is 2.24. The van der Waals surface area contributed by atoms with Gasteiger partial charge in [-0.25, -0.2) is 0 Å². The van der Waals surface area contributed by atoms with Crippen LogP contribution in [0.3, 0.4) is 0 Å². The van der Waals surface area contributed by atoms with Gasteiger partial charge in [-0.05, 0) is 43.4 Å². The van der Waals surface area contributed by atoms with E-state index in [0.717, 1.165) is 12.0 Å². The van der Waals surface area contributed by atoms with Crippen molar-refractivity contribution in [1.29, 1.82) is 0 Å². The van der Waals surface area contributed by atoms with E-state index >= 15 is 0 Å². The van der Waals surface area contributed by atoms with Gasteiger partial charge >= 0.3 is 0 Å². The highest BCUT2D eigenvalue weighted by Gasteiger charge is 2.20. The molecule has 2 heteroatoms. The van der Waals surface area contributed by atoms with Crippen LogP contribution in [0, 0.1) is 0 Å². The van der Waals surface area contributed by atoms with Crippen molar-refractivity contribution < 1.29 is 4.79 Å². The van der Waals surface area contributed by atoms with Crippen LogP contribution >= 0.6 is 0 Å². The molecular weight excluding hydrogens is 198 g/mol. The standard InChI is InChI=1S/C14H19NO/c15-9-3-8-14(16)13-7-2-6-12(10-13)11-4-1-5-11/h2,6-7,10-11H,1,3-5,8-9,15H2. The first-order chi connectivity index (χ1) is 7.81. The van der Waals surface area contributed by atoms with Gasteiger partial charge in [-0.3, -0.25) is 4.79 Å². The Morgan fingerprint density at radius 3 is 2.81 bits per heavy atom. The molecule has 0 atom stereocenters. The van der Waals surface area contributed by atoms with E-state index < -0.39 is 0 Å². The molecule has 0 heterocycles. The van der Waals surface area contributed by atoms with E-state index in [9.17, 15) is 4.79 Å². The van der Waals surface area contributed by atoms with E-state index in [2.05, 4.69) is 12.1 Å². The van der Waals surface area contributed by atoms with E-state index in [4.69, 9.17) is 5.73 Å². The van der Waals surface area contributed by atoms with Crippen LogP contribution in [0.5, 0.6) is 0 Å². The van der Waals surface area contributed by atoms with Crippen molar-refractivity contribution >= 4 is 5.78 Å². The minimum atomic E-state index is 0.228. The molecule has 0 unspecified atom stereocenters. The molecule has 0 bridgehead atoms. The molecule has 1 fully saturated rings. The Bertz CT molecular complexity index is 369. The summed E-state index contributed by atoms with van der Waals surface area (Å²) in [4.78, 5) is 11.8. The summed E-state index contributed by atoms with van der Waals surface area (Å²) in [5.41, 5.74) is 7.61. The fourth-order valence-electron chi connectivity index (χ4n) is 2.11. The van der Waals surface area contributed by atoms with E-state index in [1.807, 2.05) is 12.1 Å². The Hall–Kier alpha value is -1.15. The molecule has 0 spiro atoms.